The van der Waals surface area contributed by atoms with Crippen molar-refractivity contribution in [3.05, 3.63) is 41.7 Å². The number of hydrogen-bond acceptors (Lipinski definition) is 4. The van der Waals surface area contributed by atoms with Gasteiger partial charge in [-0.1, -0.05) is 0 Å². The van der Waals surface area contributed by atoms with Gasteiger partial charge in [0.15, 0.2) is 0 Å². The number of rotatable bonds is 2. The summed E-state index contributed by atoms with van der Waals surface area (Å²) in [6, 6.07) is 6.15. The molecule has 1 aromatic carbocycles. The van der Waals surface area contributed by atoms with Gasteiger partial charge < -0.3 is 5.73 Å². The van der Waals surface area contributed by atoms with E-state index in [1.807, 2.05) is 0 Å². The molecule has 2 aromatic rings. The number of hydrogen-bond donors (Lipinski definition) is 1. The highest BCUT2D eigenvalue weighted by atomic mass is 19.1. The van der Waals surface area contributed by atoms with Crippen LogP contribution < -0.4 is 5.73 Å². The van der Waals surface area contributed by atoms with Gasteiger partial charge in [0.05, 0.1) is 5.69 Å². The van der Waals surface area contributed by atoms with Crippen LogP contribution in [-0.4, -0.2) is 14.8 Å². The molecule has 5 nitrogen and oxygen atoms in total. The quantitative estimate of drug-likeness (QED) is 0.804. The van der Waals surface area contributed by atoms with E-state index < -0.39 is 5.82 Å². The molecule has 0 aliphatic heterocycles. The summed E-state index contributed by atoms with van der Waals surface area (Å²) in [5, 5.41) is 12.4. The van der Waals surface area contributed by atoms with Gasteiger partial charge in [-0.3, -0.25) is 0 Å². The molecular weight excluding hydrogens is 209 g/mol. The van der Waals surface area contributed by atoms with E-state index in [2.05, 4.69) is 10.1 Å². The van der Waals surface area contributed by atoms with E-state index in [4.69, 9.17) is 11.0 Å². The molecule has 6 heteroatoms. The molecule has 2 N–H and O–H groups in total. The van der Waals surface area contributed by atoms with Gasteiger partial charge in [0.1, 0.15) is 18.2 Å². The predicted octanol–water partition coefficient (Wildman–Crippen LogP) is 0.737. The third-order valence-electron chi connectivity index (χ3n) is 2.03. The van der Waals surface area contributed by atoms with Crippen LogP contribution in [0.3, 0.4) is 0 Å². The second kappa shape index (κ2) is 4.08. The summed E-state index contributed by atoms with van der Waals surface area (Å²) in [5.74, 6) is -0.356. The van der Waals surface area contributed by atoms with E-state index >= 15 is 0 Å². The van der Waals surface area contributed by atoms with Crippen molar-refractivity contribution in [3.8, 4) is 11.8 Å². The molecule has 0 unspecified atom stereocenters. The lowest BCUT2D eigenvalue weighted by Gasteiger charge is -2.03. The molecule has 2 rings (SSSR count). The Morgan fingerprint density at radius 2 is 2.25 bits per heavy atom. The predicted molar refractivity (Wildman–Crippen MR) is 53.9 cm³/mol. The minimum atomic E-state index is -0.396. The van der Waals surface area contributed by atoms with Gasteiger partial charge in [0.25, 0.3) is 5.82 Å². The fourth-order valence-corrected chi connectivity index (χ4v) is 1.32. The van der Waals surface area contributed by atoms with Gasteiger partial charge in [0.2, 0.25) is 0 Å². The van der Waals surface area contributed by atoms with Gasteiger partial charge in [-0.15, -0.1) is 5.10 Å². The standard InChI is InChI=1S/C10H8FN5/c11-8-1-7(4-12)2-9(3-8)16-6-14-10(5-13)15-16/h1-3,6H,4,12H2. The first-order chi connectivity index (χ1) is 7.72. The van der Waals surface area contributed by atoms with Gasteiger partial charge in [-0.2, -0.15) is 5.26 Å². The molecule has 0 fully saturated rings. The number of aromatic nitrogens is 3. The Bertz CT molecular complexity index is 555. The Balaban J connectivity index is 2.47. The van der Waals surface area contributed by atoms with Gasteiger partial charge in [-0.05, 0) is 23.8 Å². The van der Waals surface area contributed by atoms with Gasteiger partial charge in [0, 0.05) is 6.54 Å². The minimum Gasteiger partial charge on any atom is -0.326 e. The maximum absolute atomic E-state index is 13.2. The Hall–Kier alpha value is -2.26. The molecular formula is C10H8FN5. The highest BCUT2D eigenvalue weighted by Crippen LogP contribution is 2.12. The summed E-state index contributed by atoms with van der Waals surface area (Å²) in [6.07, 6.45) is 1.35. The minimum absolute atomic E-state index is 0.0403. The van der Waals surface area contributed by atoms with Crippen molar-refractivity contribution in [2.75, 3.05) is 0 Å². The molecule has 1 heterocycles. The first-order valence-electron chi connectivity index (χ1n) is 4.54. The van der Waals surface area contributed by atoms with Crippen molar-refractivity contribution >= 4 is 0 Å². The van der Waals surface area contributed by atoms with Crippen molar-refractivity contribution in [1.82, 2.24) is 14.8 Å². The Kier molecular flexibility index (Phi) is 2.62. The third-order valence-corrected chi connectivity index (χ3v) is 2.03. The Labute approximate surface area is 90.9 Å². The van der Waals surface area contributed by atoms with Crippen LogP contribution in [0.4, 0.5) is 4.39 Å². The Morgan fingerprint density at radius 1 is 1.44 bits per heavy atom. The van der Waals surface area contributed by atoms with Crippen molar-refractivity contribution in [3.63, 3.8) is 0 Å². The molecule has 0 saturated heterocycles. The molecule has 0 saturated carbocycles. The molecule has 1 aromatic heterocycles. The van der Waals surface area contributed by atoms with E-state index in [1.165, 1.54) is 23.1 Å². The van der Waals surface area contributed by atoms with E-state index in [9.17, 15) is 4.39 Å². The largest absolute Gasteiger partial charge is 0.326 e. The monoisotopic (exact) mass is 217 g/mol. The van der Waals surface area contributed by atoms with Crippen molar-refractivity contribution in [2.24, 2.45) is 5.73 Å². The van der Waals surface area contributed by atoms with Crippen molar-refractivity contribution < 1.29 is 4.39 Å². The van der Waals surface area contributed by atoms with Crippen LogP contribution in [0.25, 0.3) is 5.69 Å². The van der Waals surface area contributed by atoms with Gasteiger partial charge in [-0.25, -0.2) is 14.1 Å². The smallest absolute Gasteiger partial charge is 0.252 e. The van der Waals surface area contributed by atoms with Crippen LogP contribution >= 0.6 is 0 Å². The van der Waals surface area contributed by atoms with Crippen molar-refractivity contribution in [2.45, 2.75) is 6.54 Å². The summed E-state index contributed by atoms with van der Waals surface area (Å²) < 4.78 is 14.5. The lowest BCUT2D eigenvalue weighted by Crippen LogP contribution is -2.01. The number of benzene rings is 1. The first kappa shape index (κ1) is 10.3. The second-order valence-corrected chi connectivity index (χ2v) is 3.15. The van der Waals surface area contributed by atoms with E-state index in [0.29, 0.717) is 11.3 Å². The molecule has 0 amide bonds. The third kappa shape index (κ3) is 1.89. The summed E-state index contributed by atoms with van der Waals surface area (Å²) in [6.45, 7) is 0.241. The SMILES string of the molecule is N#Cc1ncn(-c2cc(F)cc(CN)c2)n1. The highest BCUT2D eigenvalue weighted by molar-refractivity contribution is 5.35. The normalized spacial score (nSPS) is 10.1. The zero-order valence-corrected chi connectivity index (χ0v) is 8.26. The maximum Gasteiger partial charge on any atom is 0.252 e. The maximum atomic E-state index is 13.2. The lowest BCUT2D eigenvalue weighted by molar-refractivity contribution is 0.623. The average Bonchev–Trinajstić information content (AvgIpc) is 2.76. The first-order valence-corrected chi connectivity index (χ1v) is 4.54. The number of nitrogens with zero attached hydrogens (tertiary/aromatic N) is 4. The summed E-state index contributed by atoms with van der Waals surface area (Å²) in [5.41, 5.74) is 6.58. The number of nitrogens with two attached hydrogens (primary N) is 1. The topological polar surface area (TPSA) is 80.5 Å². The van der Waals surface area contributed by atoms with Crippen LogP contribution in [0.1, 0.15) is 11.4 Å². The molecule has 80 valence electrons. The van der Waals surface area contributed by atoms with E-state index in [-0.39, 0.29) is 12.4 Å². The van der Waals surface area contributed by atoms with Crippen LogP contribution in [0, 0.1) is 17.1 Å². The molecule has 0 atom stereocenters. The summed E-state index contributed by atoms with van der Waals surface area (Å²) >= 11 is 0. The lowest BCUT2D eigenvalue weighted by atomic mass is 10.2. The van der Waals surface area contributed by atoms with Gasteiger partial charge >= 0.3 is 0 Å². The number of nitriles is 1. The molecule has 0 bridgehead atoms. The van der Waals surface area contributed by atoms with Crippen LogP contribution in [0.15, 0.2) is 24.5 Å². The molecule has 16 heavy (non-hydrogen) atoms. The number of halogens is 1. The summed E-state index contributed by atoms with van der Waals surface area (Å²) in [4.78, 5) is 3.73. The van der Waals surface area contributed by atoms with E-state index in [0.717, 1.165) is 0 Å². The highest BCUT2D eigenvalue weighted by Gasteiger charge is 2.04. The molecule has 0 spiro atoms. The van der Waals surface area contributed by atoms with Crippen molar-refractivity contribution in [1.29, 1.82) is 5.26 Å². The van der Waals surface area contributed by atoms with Crippen LogP contribution in [-0.2, 0) is 6.54 Å². The molecule has 0 radical (unpaired) electrons. The van der Waals surface area contributed by atoms with Crippen LogP contribution in [0.2, 0.25) is 0 Å². The average molecular weight is 217 g/mol. The Morgan fingerprint density at radius 3 is 2.88 bits per heavy atom. The fraction of sp³-hybridized carbons (Fsp3) is 0.100. The summed E-state index contributed by atoms with van der Waals surface area (Å²) in [7, 11) is 0. The molecule has 0 aliphatic rings. The zero-order valence-electron chi connectivity index (χ0n) is 8.26. The van der Waals surface area contributed by atoms with Crippen LogP contribution in [0.5, 0.6) is 0 Å². The second-order valence-electron chi connectivity index (χ2n) is 3.15. The fourth-order valence-electron chi connectivity index (χ4n) is 1.32. The zero-order chi connectivity index (χ0) is 11.5. The molecule has 0 aliphatic carbocycles. The van der Waals surface area contributed by atoms with E-state index in [1.54, 1.807) is 12.1 Å².